The molecule has 1 N–H and O–H groups in total. The van der Waals surface area contributed by atoms with Crippen LogP contribution in [-0.2, 0) is 0 Å². The standard InChI is InChI=1S/C48H33N.C28H21N.C20H13Cl/c1-2-11-34(12-3-1)39-16-10-17-44(32-39)49(42-27-23-36(24-28-42)40-22-21-35-13-4-5-14-38(35)31-40)43-29-25-37(26-30-43)48-33-41-15-6-7-18-45(41)46-19-8-9-20-47(46)48;1-2-7-21(8-3-1)25-11-6-12-28(20-25)29-27-17-15-23(16-18-27)26-14-13-22-9-4-5-10-24(22)19-26;21-16-11-9-14(10-12-16)20-13-15-5-1-2-6-17(15)18-7-3-4-8-19(18)20/h1-33H;1-20,29H;1-13H. The first-order valence-corrected chi connectivity index (χ1v) is 34.1. The molecule has 0 spiro atoms. The van der Waals surface area contributed by atoms with E-state index in [2.05, 4.69) is 392 Å². The van der Waals surface area contributed by atoms with Crippen LogP contribution in [0.1, 0.15) is 0 Å². The van der Waals surface area contributed by atoms with Crippen LogP contribution < -0.4 is 10.2 Å². The summed E-state index contributed by atoms with van der Waals surface area (Å²) in [6.07, 6.45) is 0. The summed E-state index contributed by atoms with van der Waals surface area (Å²) in [4.78, 5) is 2.36. The maximum absolute atomic E-state index is 6.01. The minimum Gasteiger partial charge on any atom is -0.356 e. The molecule has 0 radical (unpaired) electrons. The van der Waals surface area contributed by atoms with Crippen LogP contribution >= 0.6 is 11.6 Å². The molecular formula is C96H67ClN2. The third-order valence-electron chi connectivity index (χ3n) is 18.8. The van der Waals surface area contributed by atoms with Gasteiger partial charge in [-0.25, -0.2) is 0 Å². The lowest BCUT2D eigenvalue weighted by atomic mass is 9.93. The molecule has 0 heterocycles. The van der Waals surface area contributed by atoms with E-state index in [1.54, 1.807) is 0 Å². The average molecular weight is 1280 g/mol. The fourth-order valence-corrected chi connectivity index (χ4v) is 13.9. The van der Waals surface area contributed by atoms with Crippen molar-refractivity contribution in [2.45, 2.75) is 0 Å². The molecule has 0 aromatic heterocycles. The number of rotatable bonds is 11. The SMILES string of the molecule is Clc1ccc(-c2cc3ccccc3c3ccccc23)cc1.c1ccc(-c2cccc(N(c3ccc(-c4ccc5ccccc5c4)cc3)c3ccc(-c4cc5ccccc5c5ccccc45)cc3)c2)cc1.c1ccc(-c2cccc(Nc3ccc(-c4ccc5ccccc5c4)cc3)c2)cc1. The van der Waals surface area contributed by atoms with Crippen LogP contribution in [0.25, 0.3) is 131 Å². The van der Waals surface area contributed by atoms with Crippen LogP contribution in [0.3, 0.4) is 0 Å². The Hall–Kier alpha value is -12.6. The second-order valence-corrected chi connectivity index (χ2v) is 25.4. The predicted molar refractivity (Wildman–Crippen MR) is 426 cm³/mol. The maximum Gasteiger partial charge on any atom is 0.0467 e. The zero-order chi connectivity index (χ0) is 66.3. The highest BCUT2D eigenvalue weighted by Gasteiger charge is 2.17. The number of fused-ring (bicyclic) bond motifs is 8. The molecule has 0 fully saturated rings. The van der Waals surface area contributed by atoms with Crippen LogP contribution in [0.5, 0.6) is 0 Å². The number of hydrogen-bond acceptors (Lipinski definition) is 2. The van der Waals surface area contributed by atoms with Crippen molar-refractivity contribution in [2.75, 3.05) is 10.2 Å². The van der Waals surface area contributed by atoms with E-state index in [1.165, 1.54) is 131 Å². The van der Waals surface area contributed by atoms with Gasteiger partial charge in [0.05, 0.1) is 0 Å². The van der Waals surface area contributed by atoms with Gasteiger partial charge >= 0.3 is 0 Å². The predicted octanol–water partition coefficient (Wildman–Crippen LogP) is 27.8. The van der Waals surface area contributed by atoms with E-state index in [1.807, 2.05) is 18.2 Å². The monoisotopic (exact) mass is 1280 g/mol. The Morgan fingerprint density at radius 2 is 0.525 bits per heavy atom. The molecule has 0 unspecified atom stereocenters. The summed E-state index contributed by atoms with van der Waals surface area (Å²) in [6, 6.07) is 143. The van der Waals surface area contributed by atoms with Crippen molar-refractivity contribution >= 4 is 105 Å². The molecule has 18 aromatic carbocycles. The molecule has 2 nitrogen and oxygen atoms in total. The summed E-state index contributed by atoms with van der Waals surface area (Å²) in [5, 5.41) is 19.6. The third kappa shape index (κ3) is 13.3. The summed E-state index contributed by atoms with van der Waals surface area (Å²) < 4.78 is 0. The van der Waals surface area contributed by atoms with E-state index in [0.717, 1.165) is 33.5 Å². The first-order chi connectivity index (χ1) is 49.0. The molecule has 468 valence electrons. The quantitative estimate of drug-likeness (QED) is 0.130. The summed E-state index contributed by atoms with van der Waals surface area (Å²) >= 11 is 6.01. The van der Waals surface area contributed by atoms with Gasteiger partial charge in [-0.05, 0) is 228 Å². The van der Waals surface area contributed by atoms with E-state index in [-0.39, 0.29) is 0 Å². The van der Waals surface area contributed by atoms with Crippen molar-refractivity contribution in [2.24, 2.45) is 0 Å². The summed E-state index contributed by atoms with van der Waals surface area (Å²) in [7, 11) is 0. The smallest absolute Gasteiger partial charge is 0.0467 e. The number of nitrogens with one attached hydrogen (secondary N) is 1. The van der Waals surface area contributed by atoms with Gasteiger partial charge in [0, 0.05) is 33.5 Å². The lowest BCUT2D eigenvalue weighted by molar-refractivity contribution is 1.28. The van der Waals surface area contributed by atoms with E-state index in [9.17, 15) is 0 Å². The summed E-state index contributed by atoms with van der Waals surface area (Å²) in [6.45, 7) is 0. The lowest BCUT2D eigenvalue weighted by Gasteiger charge is -2.26. The number of hydrogen-bond donors (Lipinski definition) is 1. The third-order valence-corrected chi connectivity index (χ3v) is 19.0. The van der Waals surface area contributed by atoms with E-state index in [4.69, 9.17) is 11.6 Å². The Morgan fingerprint density at radius 1 is 0.182 bits per heavy atom. The molecule has 3 heteroatoms. The Labute approximate surface area is 583 Å². The molecule has 0 aliphatic rings. The van der Waals surface area contributed by atoms with Crippen molar-refractivity contribution in [1.29, 1.82) is 0 Å². The van der Waals surface area contributed by atoms with E-state index < -0.39 is 0 Å². The lowest BCUT2D eigenvalue weighted by Crippen LogP contribution is -2.10. The molecular weight excluding hydrogens is 1220 g/mol. The van der Waals surface area contributed by atoms with Crippen molar-refractivity contribution in [3.63, 3.8) is 0 Å². The van der Waals surface area contributed by atoms with Gasteiger partial charge in [-0.15, -0.1) is 0 Å². The van der Waals surface area contributed by atoms with Gasteiger partial charge in [0.2, 0.25) is 0 Å². The first-order valence-electron chi connectivity index (χ1n) is 33.7. The minimum absolute atomic E-state index is 0.767. The second kappa shape index (κ2) is 28.0. The molecule has 0 saturated heterocycles. The molecule has 18 rings (SSSR count). The van der Waals surface area contributed by atoms with Crippen molar-refractivity contribution in [1.82, 2.24) is 0 Å². The largest absolute Gasteiger partial charge is 0.356 e. The molecule has 0 aliphatic carbocycles. The highest BCUT2D eigenvalue weighted by molar-refractivity contribution is 6.30. The average Bonchev–Trinajstić information content (AvgIpc) is 0.781. The first kappa shape index (κ1) is 61.3. The van der Waals surface area contributed by atoms with Crippen LogP contribution in [0.4, 0.5) is 28.4 Å². The molecule has 99 heavy (non-hydrogen) atoms. The van der Waals surface area contributed by atoms with Crippen LogP contribution in [0, 0.1) is 0 Å². The van der Waals surface area contributed by atoms with Gasteiger partial charge in [0.1, 0.15) is 0 Å². The molecule has 18 aromatic rings. The van der Waals surface area contributed by atoms with Crippen LogP contribution in [-0.4, -0.2) is 0 Å². The van der Waals surface area contributed by atoms with Crippen molar-refractivity contribution in [3.8, 4) is 66.8 Å². The molecule has 0 atom stereocenters. The number of nitrogens with zero attached hydrogens (tertiary/aromatic N) is 1. The van der Waals surface area contributed by atoms with E-state index >= 15 is 0 Å². The minimum atomic E-state index is 0.767. The highest BCUT2D eigenvalue weighted by atomic mass is 35.5. The topological polar surface area (TPSA) is 15.3 Å². The molecule has 0 bridgehead atoms. The Kier molecular flexibility index (Phi) is 17.3. The van der Waals surface area contributed by atoms with Crippen LogP contribution in [0.2, 0.25) is 5.02 Å². The Balaban J connectivity index is 0.000000129. The zero-order valence-corrected chi connectivity index (χ0v) is 55.2. The number of benzene rings is 18. The molecule has 0 saturated carbocycles. The molecule has 0 amide bonds. The Bertz CT molecular complexity index is 5870. The van der Waals surface area contributed by atoms with Gasteiger partial charge in [-0.2, -0.15) is 0 Å². The Morgan fingerprint density at radius 3 is 1.02 bits per heavy atom. The summed E-state index contributed by atoms with van der Waals surface area (Å²) in [5.41, 5.74) is 20.1. The number of anilines is 5. The van der Waals surface area contributed by atoms with Gasteiger partial charge in [0.15, 0.2) is 0 Å². The van der Waals surface area contributed by atoms with Crippen LogP contribution in [0.15, 0.2) is 400 Å². The van der Waals surface area contributed by atoms with E-state index in [0.29, 0.717) is 0 Å². The fourth-order valence-electron chi connectivity index (χ4n) is 13.8. The van der Waals surface area contributed by atoms with Crippen molar-refractivity contribution in [3.05, 3.63) is 405 Å². The number of halogens is 1. The summed E-state index contributed by atoms with van der Waals surface area (Å²) in [5.74, 6) is 0. The maximum atomic E-state index is 6.01. The molecule has 0 aliphatic heterocycles. The second-order valence-electron chi connectivity index (χ2n) is 25.0. The fraction of sp³-hybridized carbons (Fsp3) is 0. The van der Waals surface area contributed by atoms with Gasteiger partial charge in [-0.3, -0.25) is 0 Å². The highest BCUT2D eigenvalue weighted by Crippen LogP contribution is 2.42. The normalized spacial score (nSPS) is 11.1. The van der Waals surface area contributed by atoms with Crippen molar-refractivity contribution < 1.29 is 0 Å². The van der Waals surface area contributed by atoms with Gasteiger partial charge in [-0.1, -0.05) is 315 Å². The van der Waals surface area contributed by atoms with Gasteiger partial charge < -0.3 is 10.2 Å². The van der Waals surface area contributed by atoms with Gasteiger partial charge in [0.25, 0.3) is 0 Å². The zero-order valence-electron chi connectivity index (χ0n) is 54.4.